The van der Waals surface area contributed by atoms with Crippen LogP contribution in [0.25, 0.3) is 0 Å². The highest BCUT2D eigenvalue weighted by Gasteiger charge is 2.32. The number of anilines is 1. The first-order chi connectivity index (χ1) is 10.1. The molecule has 1 atom stereocenters. The number of nitrogens with zero attached hydrogens (tertiary/aromatic N) is 1. The van der Waals surface area contributed by atoms with E-state index >= 15 is 0 Å². The van der Waals surface area contributed by atoms with Gasteiger partial charge in [0.2, 0.25) is 5.91 Å². The van der Waals surface area contributed by atoms with E-state index in [2.05, 4.69) is 5.32 Å². The van der Waals surface area contributed by atoms with E-state index in [1.165, 1.54) is 12.8 Å². The third-order valence-electron chi connectivity index (χ3n) is 4.15. The van der Waals surface area contributed by atoms with Crippen molar-refractivity contribution in [1.29, 1.82) is 0 Å². The van der Waals surface area contributed by atoms with Crippen molar-refractivity contribution in [2.45, 2.75) is 31.7 Å². The van der Waals surface area contributed by atoms with Crippen LogP contribution in [-0.2, 0) is 16.0 Å². The highest BCUT2D eigenvalue weighted by Crippen LogP contribution is 2.30. The largest absolute Gasteiger partial charge is 0.481 e. The van der Waals surface area contributed by atoms with Gasteiger partial charge in [-0.3, -0.25) is 9.59 Å². The molecule has 5 heteroatoms. The molecule has 1 amide bonds. The van der Waals surface area contributed by atoms with Gasteiger partial charge in [0, 0.05) is 31.2 Å². The van der Waals surface area contributed by atoms with Gasteiger partial charge >= 0.3 is 5.97 Å². The topological polar surface area (TPSA) is 69.6 Å². The van der Waals surface area contributed by atoms with Crippen LogP contribution in [0.15, 0.2) is 24.3 Å². The predicted octanol–water partition coefficient (Wildman–Crippen LogP) is 1.42. The van der Waals surface area contributed by atoms with Crippen molar-refractivity contribution in [2.24, 2.45) is 5.92 Å². The van der Waals surface area contributed by atoms with Crippen LogP contribution in [0, 0.1) is 5.92 Å². The number of para-hydroxylation sites is 1. The molecule has 1 unspecified atom stereocenters. The van der Waals surface area contributed by atoms with Gasteiger partial charge in [0.1, 0.15) is 0 Å². The van der Waals surface area contributed by atoms with E-state index in [0.717, 1.165) is 11.3 Å². The lowest BCUT2D eigenvalue weighted by Crippen LogP contribution is -2.43. The molecule has 0 radical (unpaired) electrons. The number of hydrogen-bond donors (Lipinski definition) is 2. The normalized spacial score (nSPS) is 21.0. The van der Waals surface area contributed by atoms with Gasteiger partial charge in [-0.1, -0.05) is 18.2 Å². The van der Waals surface area contributed by atoms with Gasteiger partial charge in [-0.2, -0.15) is 0 Å². The standard InChI is InChI=1S/C16H20N2O3/c19-15(7-8-17-13-5-6-13)18-10-12(16(20)21)9-11-3-1-2-4-14(11)18/h1-4,12-13,17H,5-10H2,(H,20,21). The number of aliphatic carboxylic acids is 1. The molecule has 2 N–H and O–H groups in total. The fourth-order valence-electron chi connectivity index (χ4n) is 2.80. The summed E-state index contributed by atoms with van der Waals surface area (Å²) in [6, 6.07) is 8.17. The van der Waals surface area contributed by atoms with Crippen molar-refractivity contribution in [3.63, 3.8) is 0 Å². The van der Waals surface area contributed by atoms with Gasteiger partial charge < -0.3 is 15.3 Å². The number of rotatable bonds is 5. The van der Waals surface area contributed by atoms with E-state index < -0.39 is 11.9 Å². The molecule has 1 aliphatic heterocycles. The van der Waals surface area contributed by atoms with Crippen LogP contribution in [0.5, 0.6) is 0 Å². The molecule has 0 aromatic heterocycles. The lowest BCUT2D eigenvalue weighted by Gasteiger charge is -2.33. The highest BCUT2D eigenvalue weighted by molar-refractivity contribution is 5.95. The number of nitrogens with one attached hydrogen (secondary N) is 1. The van der Waals surface area contributed by atoms with Crippen LogP contribution in [0.2, 0.25) is 0 Å². The smallest absolute Gasteiger partial charge is 0.308 e. The molecule has 0 spiro atoms. The highest BCUT2D eigenvalue weighted by atomic mass is 16.4. The van der Waals surface area contributed by atoms with E-state index in [9.17, 15) is 14.7 Å². The first kappa shape index (κ1) is 14.1. The quantitative estimate of drug-likeness (QED) is 0.859. The van der Waals surface area contributed by atoms with Gasteiger partial charge in [-0.15, -0.1) is 0 Å². The molecule has 5 nitrogen and oxygen atoms in total. The van der Waals surface area contributed by atoms with E-state index in [4.69, 9.17) is 0 Å². The maximum atomic E-state index is 12.4. The second-order valence-corrected chi connectivity index (χ2v) is 5.85. The predicted molar refractivity (Wildman–Crippen MR) is 79.3 cm³/mol. The Morgan fingerprint density at radius 2 is 2.05 bits per heavy atom. The first-order valence-corrected chi connectivity index (χ1v) is 7.49. The number of carboxylic acids is 1. The first-order valence-electron chi connectivity index (χ1n) is 7.49. The van der Waals surface area contributed by atoms with E-state index in [-0.39, 0.29) is 12.5 Å². The summed E-state index contributed by atoms with van der Waals surface area (Å²) in [4.78, 5) is 25.4. The molecular formula is C16H20N2O3. The molecule has 1 fully saturated rings. The maximum Gasteiger partial charge on any atom is 0.308 e. The average molecular weight is 288 g/mol. The third-order valence-corrected chi connectivity index (χ3v) is 4.15. The van der Waals surface area contributed by atoms with Crippen molar-refractivity contribution in [1.82, 2.24) is 5.32 Å². The third kappa shape index (κ3) is 3.24. The van der Waals surface area contributed by atoms with Gasteiger partial charge in [0.15, 0.2) is 0 Å². The molecule has 2 aliphatic rings. The van der Waals surface area contributed by atoms with Crippen LogP contribution in [0.4, 0.5) is 5.69 Å². The number of carbonyl (C=O) groups excluding carboxylic acids is 1. The van der Waals surface area contributed by atoms with Crippen molar-refractivity contribution in [2.75, 3.05) is 18.0 Å². The van der Waals surface area contributed by atoms with Crippen LogP contribution in [0.1, 0.15) is 24.8 Å². The summed E-state index contributed by atoms with van der Waals surface area (Å²) in [5.74, 6) is -1.35. The zero-order valence-corrected chi connectivity index (χ0v) is 11.9. The summed E-state index contributed by atoms with van der Waals surface area (Å²) >= 11 is 0. The van der Waals surface area contributed by atoms with Crippen molar-refractivity contribution in [3.8, 4) is 0 Å². The molecule has 21 heavy (non-hydrogen) atoms. The second kappa shape index (κ2) is 5.85. The van der Waals surface area contributed by atoms with Crippen molar-refractivity contribution in [3.05, 3.63) is 29.8 Å². The van der Waals surface area contributed by atoms with E-state index in [0.29, 0.717) is 25.4 Å². The van der Waals surface area contributed by atoms with Gasteiger partial charge in [0.25, 0.3) is 0 Å². The maximum absolute atomic E-state index is 12.4. The molecule has 112 valence electrons. The SMILES string of the molecule is O=C(O)C1Cc2ccccc2N(C(=O)CCNC2CC2)C1. The minimum Gasteiger partial charge on any atom is -0.481 e. The molecular weight excluding hydrogens is 268 g/mol. The lowest BCUT2D eigenvalue weighted by molar-refractivity contribution is -0.141. The lowest BCUT2D eigenvalue weighted by atomic mass is 9.92. The summed E-state index contributed by atoms with van der Waals surface area (Å²) in [5, 5.41) is 12.6. The van der Waals surface area contributed by atoms with E-state index in [1.807, 2.05) is 24.3 Å². The molecule has 1 aromatic rings. The Labute approximate surface area is 123 Å². The van der Waals surface area contributed by atoms with Gasteiger partial charge in [0.05, 0.1) is 5.92 Å². The number of carboxylic acid groups (broad SMARTS) is 1. The van der Waals surface area contributed by atoms with Crippen molar-refractivity contribution < 1.29 is 14.7 Å². The zero-order valence-electron chi connectivity index (χ0n) is 11.9. The van der Waals surface area contributed by atoms with Crippen LogP contribution >= 0.6 is 0 Å². The van der Waals surface area contributed by atoms with Crippen LogP contribution < -0.4 is 10.2 Å². The average Bonchev–Trinajstić information content (AvgIpc) is 3.30. The van der Waals surface area contributed by atoms with Crippen LogP contribution in [-0.4, -0.2) is 36.1 Å². The molecule has 1 aliphatic carbocycles. The monoisotopic (exact) mass is 288 g/mol. The minimum atomic E-state index is -0.835. The number of hydrogen-bond acceptors (Lipinski definition) is 3. The Hall–Kier alpha value is -1.88. The fourth-order valence-corrected chi connectivity index (χ4v) is 2.80. The van der Waals surface area contributed by atoms with Crippen molar-refractivity contribution >= 4 is 17.6 Å². The molecule has 1 aromatic carbocycles. The number of benzene rings is 1. The molecule has 0 bridgehead atoms. The van der Waals surface area contributed by atoms with Gasteiger partial charge in [-0.05, 0) is 30.9 Å². The Morgan fingerprint density at radius 1 is 1.29 bits per heavy atom. The van der Waals surface area contributed by atoms with Crippen LogP contribution in [0.3, 0.4) is 0 Å². The number of carbonyl (C=O) groups is 2. The molecule has 1 saturated carbocycles. The fraction of sp³-hybridized carbons (Fsp3) is 0.500. The number of fused-ring (bicyclic) bond motifs is 1. The Balaban J connectivity index is 1.72. The molecule has 0 saturated heterocycles. The minimum absolute atomic E-state index is 0.00144. The summed E-state index contributed by atoms with van der Waals surface area (Å²) < 4.78 is 0. The second-order valence-electron chi connectivity index (χ2n) is 5.85. The number of amides is 1. The zero-order chi connectivity index (χ0) is 14.8. The van der Waals surface area contributed by atoms with E-state index in [1.54, 1.807) is 4.90 Å². The Bertz CT molecular complexity index is 554. The Kier molecular flexibility index (Phi) is 3.92. The molecule has 1 heterocycles. The molecule has 3 rings (SSSR count). The van der Waals surface area contributed by atoms with Gasteiger partial charge in [-0.25, -0.2) is 0 Å². The summed E-state index contributed by atoms with van der Waals surface area (Å²) in [5.41, 5.74) is 1.81. The summed E-state index contributed by atoms with van der Waals surface area (Å²) in [7, 11) is 0. The Morgan fingerprint density at radius 3 is 2.76 bits per heavy atom. The summed E-state index contributed by atoms with van der Waals surface area (Å²) in [6.07, 6.45) is 3.30. The summed E-state index contributed by atoms with van der Waals surface area (Å²) in [6.45, 7) is 0.939.